The molecular weight excluding hydrogens is 506 g/mol. The minimum atomic E-state index is -4.56. The summed E-state index contributed by atoms with van der Waals surface area (Å²) in [4.78, 5) is 14.9. The Morgan fingerprint density at radius 1 is 1.03 bits per heavy atom. The van der Waals surface area contributed by atoms with Crippen LogP contribution in [0.1, 0.15) is 29.1 Å². The summed E-state index contributed by atoms with van der Waals surface area (Å²) in [5.74, 6) is -0.442. The molecule has 0 unspecified atom stereocenters. The number of alkyl halides is 3. The number of thiazole rings is 1. The molecule has 4 aromatic rings. The number of hydrogen-bond donors (Lipinski definition) is 2. The SMILES string of the molecule is Cc1cc(Nc2nccc(C(F)(F)F)n2)cc(-c2cnc(C3(O)CCN(c4ccc(F)cc4)CC3)s2)c1. The molecule has 37 heavy (non-hydrogen) atoms. The van der Waals surface area contributed by atoms with E-state index in [0.717, 1.165) is 34.0 Å². The molecule has 2 aromatic carbocycles. The lowest BCUT2D eigenvalue weighted by atomic mass is 9.92. The second kappa shape index (κ2) is 9.71. The molecule has 0 saturated carbocycles. The molecule has 0 amide bonds. The van der Waals surface area contributed by atoms with Crippen molar-refractivity contribution in [1.29, 1.82) is 0 Å². The zero-order valence-electron chi connectivity index (χ0n) is 19.8. The molecule has 0 aliphatic carbocycles. The van der Waals surface area contributed by atoms with Crippen molar-refractivity contribution in [2.24, 2.45) is 0 Å². The number of piperidine rings is 1. The summed E-state index contributed by atoms with van der Waals surface area (Å²) in [6.07, 6.45) is -0.850. The summed E-state index contributed by atoms with van der Waals surface area (Å²) in [5, 5.41) is 14.8. The zero-order valence-corrected chi connectivity index (χ0v) is 20.6. The highest BCUT2D eigenvalue weighted by atomic mass is 32.1. The van der Waals surface area contributed by atoms with Gasteiger partial charge in [0.05, 0.1) is 4.88 Å². The molecular formula is C26H23F4N5OS. The highest BCUT2D eigenvalue weighted by Gasteiger charge is 2.37. The first-order valence-electron chi connectivity index (χ1n) is 11.6. The van der Waals surface area contributed by atoms with E-state index in [0.29, 0.717) is 36.6 Å². The standard InChI is InChI=1S/C26H23F4N5OS/c1-16-12-17(14-19(13-16)33-24-31-9-6-22(34-24)26(28,29)30)21-15-32-23(37-21)25(36)7-10-35(11-8-25)20-4-2-18(27)3-5-20/h2-6,9,12-15,36H,7-8,10-11H2,1H3,(H,31,33,34). The van der Waals surface area contributed by atoms with Gasteiger partial charge in [0, 0.05) is 49.7 Å². The van der Waals surface area contributed by atoms with E-state index in [9.17, 15) is 22.7 Å². The van der Waals surface area contributed by atoms with E-state index in [4.69, 9.17) is 0 Å². The molecule has 5 rings (SSSR count). The molecule has 0 bridgehead atoms. The van der Waals surface area contributed by atoms with Crippen LogP contribution in [-0.2, 0) is 11.8 Å². The third kappa shape index (κ3) is 5.57. The first-order chi connectivity index (χ1) is 17.6. The smallest absolute Gasteiger partial charge is 0.383 e. The lowest BCUT2D eigenvalue weighted by Gasteiger charge is -2.38. The van der Waals surface area contributed by atoms with Crippen molar-refractivity contribution < 1.29 is 22.7 Å². The van der Waals surface area contributed by atoms with E-state index in [2.05, 4.69) is 25.2 Å². The molecule has 0 radical (unpaired) electrons. The number of halogens is 4. The summed E-state index contributed by atoms with van der Waals surface area (Å²) in [7, 11) is 0. The maximum atomic E-state index is 13.2. The van der Waals surface area contributed by atoms with Crippen LogP contribution in [0.3, 0.4) is 0 Å². The third-order valence-electron chi connectivity index (χ3n) is 6.25. The topological polar surface area (TPSA) is 74.2 Å². The van der Waals surface area contributed by atoms with Crippen LogP contribution >= 0.6 is 11.3 Å². The highest BCUT2D eigenvalue weighted by Crippen LogP contribution is 2.40. The molecule has 3 heterocycles. The number of nitrogens with one attached hydrogen (secondary N) is 1. The van der Waals surface area contributed by atoms with Crippen molar-refractivity contribution >= 4 is 28.7 Å². The molecule has 2 N–H and O–H groups in total. The minimum Gasteiger partial charge on any atom is -0.383 e. The van der Waals surface area contributed by atoms with Crippen LogP contribution in [0, 0.1) is 12.7 Å². The third-order valence-corrected chi connectivity index (χ3v) is 7.49. The number of aryl methyl sites for hydroxylation is 1. The van der Waals surface area contributed by atoms with Crippen LogP contribution in [0.4, 0.5) is 34.9 Å². The molecule has 192 valence electrons. The van der Waals surface area contributed by atoms with Crippen LogP contribution in [-0.4, -0.2) is 33.1 Å². The quantitative estimate of drug-likeness (QED) is 0.296. The monoisotopic (exact) mass is 529 g/mol. The first kappa shape index (κ1) is 25.1. The van der Waals surface area contributed by atoms with Gasteiger partial charge in [-0.3, -0.25) is 0 Å². The van der Waals surface area contributed by atoms with Crippen molar-refractivity contribution in [3.8, 4) is 10.4 Å². The Labute approximate surface area is 214 Å². The number of hydrogen-bond acceptors (Lipinski definition) is 7. The van der Waals surface area contributed by atoms with E-state index < -0.39 is 17.5 Å². The number of anilines is 3. The Kier molecular flexibility index (Phi) is 6.59. The van der Waals surface area contributed by atoms with Crippen LogP contribution in [0.15, 0.2) is 60.9 Å². The van der Waals surface area contributed by atoms with Gasteiger partial charge in [-0.15, -0.1) is 11.3 Å². The van der Waals surface area contributed by atoms with Crippen molar-refractivity contribution in [2.45, 2.75) is 31.5 Å². The van der Waals surface area contributed by atoms with Gasteiger partial charge >= 0.3 is 6.18 Å². The van der Waals surface area contributed by atoms with E-state index in [1.54, 1.807) is 30.5 Å². The van der Waals surface area contributed by atoms with Crippen molar-refractivity contribution in [3.63, 3.8) is 0 Å². The zero-order chi connectivity index (χ0) is 26.2. The van der Waals surface area contributed by atoms with Crippen molar-refractivity contribution in [3.05, 3.63) is 83.0 Å². The molecule has 1 aliphatic heterocycles. The van der Waals surface area contributed by atoms with Crippen molar-refractivity contribution in [1.82, 2.24) is 15.0 Å². The fourth-order valence-electron chi connectivity index (χ4n) is 4.33. The minimum absolute atomic E-state index is 0.154. The number of aromatic nitrogens is 3. The Morgan fingerprint density at radius 3 is 2.46 bits per heavy atom. The maximum Gasteiger partial charge on any atom is 0.433 e. The van der Waals surface area contributed by atoms with Crippen LogP contribution in [0.2, 0.25) is 0 Å². The molecule has 6 nitrogen and oxygen atoms in total. The van der Waals surface area contributed by atoms with Gasteiger partial charge in [0.2, 0.25) is 5.95 Å². The molecule has 11 heteroatoms. The van der Waals surface area contributed by atoms with Crippen LogP contribution in [0.5, 0.6) is 0 Å². The molecule has 1 aliphatic rings. The second-order valence-corrected chi connectivity index (χ2v) is 10.0. The summed E-state index contributed by atoms with van der Waals surface area (Å²) in [6.45, 7) is 3.08. The van der Waals surface area contributed by atoms with Gasteiger partial charge in [-0.05, 0) is 60.5 Å². The molecule has 0 atom stereocenters. The summed E-state index contributed by atoms with van der Waals surface area (Å²) in [5.41, 5.74) is 1.04. The van der Waals surface area contributed by atoms with Crippen LogP contribution in [0.25, 0.3) is 10.4 Å². The van der Waals surface area contributed by atoms with Gasteiger partial charge in [-0.2, -0.15) is 13.2 Å². The average molecular weight is 530 g/mol. The van der Waals surface area contributed by atoms with Gasteiger partial charge in [0.1, 0.15) is 22.1 Å². The van der Waals surface area contributed by atoms with Gasteiger partial charge in [-0.25, -0.2) is 19.3 Å². The summed E-state index contributed by atoms with van der Waals surface area (Å²) < 4.78 is 52.3. The Morgan fingerprint density at radius 2 is 1.76 bits per heavy atom. The van der Waals surface area contributed by atoms with E-state index in [1.165, 1.54) is 23.5 Å². The maximum absolute atomic E-state index is 13.2. The Hall–Kier alpha value is -3.57. The number of aliphatic hydroxyl groups is 1. The lowest BCUT2D eigenvalue weighted by Crippen LogP contribution is -2.42. The summed E-state index contributed by atoms with van der Waals surface area (Å²) >= 11 is 1.38. The number of rotatable bonds is 5. The fraction of sp³-hybridized carbons (Fsp3) is 0.269. The molecule has 1 saturated heterocycles. The van der Waals surface area contributed by atoms with Crippen molar-refractivity contribution in [2.75, 3.05) is 23.3 Å². The highest BCUT2D eigenvalue weighted by molar-refractivity contribution is 7.15. The molecule has 2 aromatic heterocycles. The number of benzene rings is 2. The number of nitrogens with zero attached hydrogens (tertiary/aromatic N) is 4. The molecule has 0 spiro atoms. The Bertz CT molecular complexity index is 1400. The van der Waals surface area contributed by atoms with Gasteiger partial charge in [0.15, 0.2) is 0 Å². The summed E-state index contributed by atoms with van der Waals surface area (Å²) in [6, 6.07) is 12.6. The first-order valence-corrected chi connectivity index (χ1v) is 12.4. The Balaban J connectivity index is 1.32. The predicted octanol–water partition coefficient (Wildman–Crippen LogP) is 6.30. The predicted molar refractivity (Wildman–Crippen MR) is 134 cm³/mol. The average Bonchev–Trinajstić information content (AvgIpc) is 3.36. The van der Waals surface area contributed by atoms with Gasteiger partial charge < -0.3 is 15.3 Å². The van der Waals surface area contributed by atoms with Crippen LogP contribution < -0.4 is 10.2 Å². The second-order valence-electron chi connectivity index (χ2n) is 9.00. The van der Waals surface area contributed by atoms with E-state index >= 15 is 0 Å². The normalized spacial score (nSPS) is 15.6. The van der Waals surface area contributed by atoms with Gasteiger partial charge in [0.25, 0.3) is 0 Å². The van der Waals surface area contributed by atoms with E-state index in [1.807, 2.05) is 13.0 Å². The molecule has 1 fully saturated rings. The fourth-order valence-corrected chi connectivity index (χ4v) is 5.38. The largest absolute Gasteiger partial charge is 0.433 e. The van der Waals surface area contributed by atoms with E-state index in [-0.39, 0.29) is 11.8 Å². The lowest BCUT2D eigenvalue weighted by molar-refractivity contribution is -0.141. The van der Waals surface area contributed by atoms with Gasteiger partial charge in [-0.1, -0.05) is 6.07 Å².